The molecule has 1 aromatic heterocycles. The second-order valence-electron chi connectivity index (χ2n) is 5.76. The first-order valence-electron chi connectivity index (χ1n) is 6.85. The summed E-state index contributed by atoms with van der Waals surface area (Å²) in [6.07, 6.45) is 3.23. The van der Waals surface area contributed by atoms with Crippen molar-refractivity contribution >= 4 is 0 Å². The summed E-state index contributed by atoms with van der Waals surface area (Å²) in [5.74, 6) is 2.59. The highest BCUT2D eigenvalue weighted by molar-refractivity contribution is 4.99. The van der Waals surface area contributed by atoms with Crippen LogP contribution >= 0.6 is 0 Å². The van der Waals surface area contributed by atoms with Crippen LogP contribution in [-0.2, 0) is 6.54 Å². The maximum atomic E-state index is 4.26. The summed E-state index contributed by atoms with van der Waals surface area (Å²) >= 11 is 0. The van der Waals surface area contributed by atoms with Gasteiger partial charge in [0.05, 0.1) is 5.69 Å². The largest absolute Gasteiger partial charge is 0.252 e. The summed E-state index contributed by atoms with van der Waals surface area (Å²) in [7, 11) is 0. The molecule has 0 fully saturated rings. The summed E-state index contributed by atoms with van der Waals surface area (Å²) < 4.78 is 2.00. The third-order valence-corrected chi connectivity index (χ3v) is 4.10. The Morgan fingerprint density at radius 1 is 1.18 bits per heavy atom. The molecule has 98 valence electrons. The molecule has 0 saturated heterocycles. The van der Waals surface area contributed by atoms with Gasteiger partial charge in [0.1, 0.15) is 0 Å². The summed E-state index contributed by atoms with van der Waals surface area (Å²) in [6.45, 7) is 14.6. The molecule has 0 aliphatic carbocycles. The van der Waals surface area contributed by atoms with E-state index in [1.54, 1.807) is 0 Å². The van der Waals surface area contributed by atoms with E-state index in [1.807, 2.05) is 4.68 Å². The van der Waals surface area contributed by atoms with Crippen molar-refractivity contribution in [3.8, 4) is 0 Å². The van der Waals surface area contributed by atoms with E-state index in [2.05, 4.69) is 58.1 Å². The van der Waals surface area contributed by atoms with E-state index >= 15 is 0 Å². The van der Waals surface area contributed by atoms with Crippen LogP contribution < -0.4 is 0 Å². The molecule has 0 aliphatic rings. The highest BCUT2D eigenvalue weighted by Crippen LogP contribution is 2.22. The summed E-state index contributed by atoms with van der Waals surface area (Å²) in [4.78, 5) is 0. The maximum Gasteiger partial charge on any atom is 0.0855 e. The first-order valence-corrected chi connectivity index (χ1v) is 6.85. The van der Waals surface area contributed by atoms with Crippen LogP contribution in [0.5, 0.6) is 0 Å². The van der Waals surface area contributed by atoms with Crippen molar-refractivity contribution in [1.29, 1.82) is 0 Å². The smallest absolute Gasteiger partial charge is 0.0855 e. The summed E-state index contributed by atoms with van der Waals surface area (Å²) in [5.41, 5.74) is 1.12. The van der Waals surface area contributed by atoms with Crippen LogP contribution in [0.3, 0.4) is 0 Å². The summed E-state index contributed by atoms with van der Waals surface area (Å²) in [6, 6.07) is 0. The average molecular weight is 237 g/mol. The lowest BCUT2D eigenvalue weighted by Crippen LogP contribution is -2.19. The molecule has 0 spiro atoms. The first kappa shape index (κ1) is 14.2. The van der Waals surface area contributed by atoms with Gasteiger partial charge >= 0.3 is 0 Å². The van der Waals surface area contributed by atoms with Crippen LogP contribution in [0, 0.1) is 17.8 Å². The second kappa shape index (κ2) is 6.18. The third-order valence-electron chi connectivity index (χ3n) is 4.10. The molecular weight excluding hydrogens is 210 g/mol. The minimum atomic E-state index is 0.515. The Bertz CT molecular complexity index is 330. The standard InChI is InChI=1S/C14H27N3/c1-7-11(4)14-9-17(16-15-14)8-12(5)13(6)10(2)3/h9-13H,7-8H2,1-6H3. The van der Waals surface area contributed by atoms with Crippen molar-refractivity contribution in [2.24, 2.45) is 17.8 Å². The van der Waals surface area contributed by atoms with E-state index in [9.17, 15) is 0 Å². The number of rotatable bonds is 6. The van der Waals surface area contributed by atoms with Crippen LogP contribution in [0.4, 0.5) is 0 Å². The fourth-order valence-corrected chi connectivity index (χ4v) is 1.96. The zero-order chi connectivity index (χ0) is 13.0. The molecule has 3 unspecified atom stereocenters. The van der Waals surface area contributed by atoms with Gasteiger partial charge in [-0.1, -0.05) is 46.8 Å². The molecule has 0 aromatic carbocycles. The Balaban J connectivity index is 2.60. The highest BCUT2D eigenvalue weighted by atomic mass is 15.4. The van der Waals surface area contributed by atoms with Crippen molar-refractivity contribution in [3.05, 3.63) is 11.9 Å². The average Bonchev–Trinajstić information content (AvgIpc) is 2.75. The van der Waals surface area contributed by atoms with Gasteiger partial charge in [0, 0.05) is 18.7 Å². The Morgan fingerprint density at radius 2 is 1.82 bits per heavy atom. The molecule has 0 aliphatic heterocycles. The maximum absolute atomic E-state index is 4.26. The molecular formula is C14H27N3. The van der Waals surface area contributed by atoms with Gasteiger partial charge in [-0.05, 0) is 24.2 Å². The fraction of sp³-hybridized carbons (Fsp3) is 0.857. The van der Waals surface area contributed by atoms with E-state index in [-0.39, 0.29) is 0 Å². The minimum absolute atomic E-state index is 0.515. The van der Waals surface area contributed by atoms with Gasteiger partial charge in [-0.2, -0.15) is 0 Å². The van der Waals surface area contributed by atoms with Crippen LogP contribution in [0.2, 0.25) is 0 Å². The Morgan fingerprint density at radius 3 is 2.35 bits per heavy atom. The Labute approximate surface area is 106 Å². The van der Waals surface area contributed by atoms with Gasteiger partial charge in [0.25, 0.3) is 0 Å². The quantitative estimate of drug-likeness (QED) is 0.755. The van der Waals surface area contributed by atoms with Crippen molar-refractivity contribution in [3.63, 3.8) is 0 Å². The molecule has 17 heavy (non-hydrogen) atoms. The molecule has 1 rings (SSSR count). The highest BCUT2D eigenvalue weighted by Gasteiger charge is 2.17. The van der Waals surface area contributed by atoms with E-state index < -0.39 is 0 Å². The molecule has 0 N–H and O–H groups in total. The Kier molecular flexibility index (Phi) is 5.16. The van der Waals surface area contributed by atoms with Gasteiger partial charge in [0.2, 0.25) is 0 Å². The zero-order valence-electron chi connectivity index (χ0n) is 12.1. The van der Waals surface area contributed by atoms with Gasteiger partial charge < -0.3 is 0 Å². The number of nitrogens with zero attached hydrogens (tertiary/aromatic N) is 3. The lowest BCUT2D eigenvalue weighted by molar-refractivity contribution is 0.258. The predicted octanol–water partition coefficient (Wildman–Crippen LogP) is 3.72. The van der Waals surface area contributed by atoms with E-state index in [0.717, 1.165) is 24.6 Å². The van der Waals surface area contributed by atoms with E-state index in [1.165, 1.54) is 0 Å². The Hall–Kier alpha value is -0.860. The van der Waals surface area contributed by atoms with E-state index in [4.69, 9.17) is 0 Å². The van der Waals surface area contributed by atoms with Gasteiger partial charge in [-0.3, -0.25) is 4.68 Å². The van der Waals surface area contributed by atoms with Gasteiger partial charge in [-0.25, -0.2) is 0 Å². The monoisotopic (exact) mass is 237 g/mol. The molecule has 0 bridgehead atoms. The topological polar surface area (TPSA) is 30.7 Å². The van der Waals surface area contributed by atoms with Crippen molar-refractivity contribution in [1.82, 2.24) is 15.0 Å². The molecule has 0 saturated carbocycles. The molecule has 0 radical (unpaired) electrons. The van der Waals surface area contributed by atoms with E-state index in [0.29, 0.717) is 17.8 Å². The zero-order valence-corrected chi connectivity index (χ0v) is 12.1. The van der Waals surface area contributed by atoms with Crippen LogP contribution in [-0.4, -0.2) is 15.0 Å². The number of hydrogen-bond acceptors (Lipinski definition) is 2. The van der Waals surface area contributed by atoms with Crippen molar-refractivity contribution < 1.29 is 0 Å². The SMILES string of the molecule is CCC(C)c1cn(CC(C)C(C)C(C)C)nn1. The van der Waals surface area contributed by atoms with Crippen LogP contribution in [0.15, 0.2) is 6.20 Å². The summed E-state index contributed by atoms with van der Waals surface area (Å²) in [5, 5.41) is 8.49. The molecule has 3 atom stereocenters. The van der Waals surface area contributed by atoms with Crippen molar-refractivity contribution in [2.75, 3.05) is 0 Å². The van der Waals surface area contributed by atoms with Gasteiger partial charge in [-0.15, -0.1) is 5.10 Å². The van der Waals surface area contributed by atoms with Crippen molar-refractivity contribution in [2.45, 2.75) is 60.4 Å². The van der Waals surface area contributed by atoms with Gasteiger partial charge in [0.15, 0.2) is 0 Å². The van der Waals surface area contributed by atoms with Crippen LogP contribution in [0.25, 0.3) is 0 Å². The third kappa shape index (κ3) is 3.83. The first-order chi connectivity index (χ1) is 7.95. The molecule has 3 heteroatoms. The molecule has 0 amide bonds. The molecule has 1 heterocycles. The predicted molar refractivity (Wildman–Crippen MR) is 71.9 cm³/mol. The minimum Gasteiger partial charge on any atom is -0.252 e. The normalized spacial score (nSPS) is 17.1. The number of hydrogen-bond donors (Lipinski definition) is 0. The fourth-order valence-electron chi connectivity index (χ4n) is 1.96. The molecule has 1 aromatic rings. The van der Waals surface area contributed by atoms with Crippen LogP contribution in [0.1, 0.15) is 59.6 Å². The number of aromatic nitrogens is 3. The second-order valence-corrected chi connectivity index (χ2v) is 5.76. The lowest BCUT2D eigenvalue weighted by Gasteiger charge is -2.22. The lowest BCUT2D eigenvalue weighted by atomic mass is 9.86. The molecule has 3 nitrogen and oxygen atoms in total.